The van der Waals surface area contributed by atoms with E-state index in [0.29, 0.717) is 22.3 Å². The Morgan fingerprint density at radius 2 is 1.84 bits per heavy atom. The molecule has 2 atom stereocenters. The van der Waals surface area contributed by atoms with Crippen molar-refractivity contribution in [3.05, 3.63) is 98.0 Å². The number of ether oxygens (including phenoxy) is 3. The first-order valence-corrected chi connectivity index (χ1v) is 16.9. The minimum absolute atomic E-state index is 0.0229. The third kappa shape index (κ3) is 4.38. The van der Waals surface area contributed by atoms with Crippen molar-refractivity contribution in [3.8, 4) is 27.3 Å². The zero-order chi connectivity index (χ0) is 34.6. The van der Waals surface area contributed by atoms with E-state index in [2.05, 4.69) is 0 Å². The van der Waals surface area contributed by atoms with Gasteiger partial charge in [-0.3, -0.25) is 24.1 Å². The van der Waals surface area contributed by atoms with E-state index < -0.39 is 65.3 Å². The summed E-state index contributed by atoms with van der Waals surface area (Å²) in [6.07, 6.45) is -1.96. The normalized spacial score (nSPS) is 21.3. The Bertz CT molecular complexity index is 2210. The third-order valence-corrected chi connectivity index (χ3v) is 11.1. The van der Waals surface area contributed by atoms with Gasteiger partial charge in [-0.25, -0.2) is 18.0 Å². The lowest BCUT2D eigenvalue weighted by Crippen LogP contribution is -2.66. The molecule has 2 amide bonds. The fourth-order valence-electron chi connectivity index (χ4n) is 7.80. The first-order valence-electron chi connectivity index (χ1n) is 16.0. The molecular formula is C35H27F3N4O7S. The van der Waals surface area contributed by atoms with Gasteiger partial charge in [-0.1, -0.05) is 30.3 Å². The number of carbonyl (C=O) groups excluding carboxylic acids is 3. The second-order valence-corrected chi connectivity index (χ2v) is 13.8. The number of benzene rings is 2. The molecule has 2 aliphatic carbocycles. The van der Waals surface area contributed by atoms with E-state index in [1.807, 2.05) is 24.3 Å². The molecule has 9 rings (SSSR count). The van der Waals surface area contributed by atoms with Crippen LogP contribution in [0.5, 0.6) is 5.75 Å². The van der Waals surface area contributed by atoms with Crippen LogP contribution in [0, 0.1) is 5.82 Å². The predicted octanol–water partition coefficient (Wildman–Crippen LogP) is 4.63. The van der Waals surface area contributed by atoms with E-state index in [0.717, 1.165) is 22.6 Å². The van der Waals surface area contributed by atoms with E-state index in [4.69, 9.17) is 14.2 Å². The van der Waals surface area contributed by atoms with Gasteiger partial charge in [0.05, 0.1) is 37.9 Å². The number of fused-ring (bicyclic) bond motifs is 4. The van der Waals surface area contributed by atoms with Crippen molar-refractivity contribution in [3.63, 3.8) is 0 Å². The number of aromatic nitrogens is 1. The summed E-state index contributed by atoms with van der Waals surface area (Å²) in [5, 5.41) is 3.45. The molecule has 0 saturated carbocycles. The Morgan fingerprint density at radius 1 is 1.04 bits per heavy atom. The summed E-state index contributed by atoms with van der Waals surface area (Å²) in [6.45, 7) is 2.03. The Kier molecular flexibility index (Phi) is 6.75. The minimum atomic E-state index is -3.49. The van der Waals surface area contributed by atoms with Crippen LogP contribution in [0.4, 0.5) is 18.0 Å². The van der Waals surface area contributed by atoms with Gasteiger partial charge in [-0.15, -0.1) is 11.3 Å². The summed E-state index contributed by atoms with van der Waals surface area (Å²) >= 11 is 1.31. The summed E-state index contributed by atoms with van der Waals surface area (Å²) in [4.78, 5) is 55.8. The fourth-order valence-corrected chi connectivity index (χ4v) is 8.92. The smallest absolute Gasteiger partial charge is 0.427 e. The summed E-state index contributed by atoms with van der Waals surface area (Å²) in [7, 11) is 0. The molecule has 5 heterocycles. The number of rotatable bonds is 3. The van der Waals surface area contributed by atoms with Gasteiger partial charge in [-0.2, -0.15) is 0 Å². The molecule has 5 aliphatic rings. The van der Waals surface area contributed by atoms with Crippen molar-refractivity contribution < 1.29 is 41.8 Å². The summed E-state index contributed by atoms with van der Waals surface area (Å²) in [5.74, 6) is -5.88. The van der Waals surface area contributed by atoms with Crippen LogP contribution >= 0.6 is 11.3 Å². The zero-order valence-corrected chi connectivity index (χ0v) is 27.2. The Morgan fingerprint density at radius 3 is 2.64 bits per heavy atom. The summed E-state index contributed by atoms with van der Waals surface area (Å²) in [5.41, 5.74) is 1.15. The largest absolute Gasteiger partial charge is 0.514 e. The van der Waals surface area contributed by atoms with Gasteiger partial charge >= 0.3 is 6.16 Å². The highest BCUT2D eigenvalue weighted by molar-refractivity contribution is 7.14. The number of carbonyl (C=O) groups is 3. The number of pyridine rings is 1. The molecule has 2 fully saturated rings. The first-order chi connectivity index (χ1) is 24.0. The van der Waals surface area contributed by atoms with Crippen molar-refractivity contribution >= 4 is 29.3 Å². The molecule has 0 unspecified atom stereocenters. The number of likely N-dealkylation sites (tertiary alicyclic amines) is 1. The Labute approximate surface area is 285 Å². The maximum Gasteiger partial charge on any atom is 0.514 e. The van der Waals surface area contributed by atoms with E-state index in [1.54, 1.807) is 10.4 Å². The number of amides is 2. The number of hydrogen-bond acceptors (Lipinski definition) is 9. The molecule has 11 nitrogen and oxygen atoms in total. The molecule has 0 radical (unpaired) electrons. The van der Waals surface area contributed by atoms with Crippen molar-refractivity contribution in [1.29, 1.82) is 0 Å². The van der Waals surface area contributed by atoms with E-state index >= 15 is 13.2 Å². The van der Waals surface area contributed by atoms with Gasteiger partial charge in [-0.05, 0) is 33.7 Å². The van der Waals surface area contributed by atoms with Gasteiger partial charge in [0.1, 0.15) is 18.1 Å². The number of nitrogens with zero attached hydrogens (tertiary/aromatic N) is 4. The van der Waals surface area contributed by atoms with Crippen LogP contribution in [0.1, 0.15) is 45.7 Å². The van der Waals surface area contributed by atoms with Crippen LogP contribution in [0.3, 0.4) is 0 Å². The molecule has 2 aromatic carbocycles. The Balaban J connectivity index is 1.24. The van der Waals surface area contributed by atoms with Gasteiger partial charge < -0.3 is 24.0 Å². The average Bonchev–Trinajstić information content (AvgIpc) is 3.43. The fraction of sp³-hybridized carbons (Fsp3) is 0.314. The molecular weight excluding hydrogens is 677 g/mol. The van der Waals surface area contributed by atoms with Crippen LogP contribution < -0.4 is 15.2 Å². The lowest BCUT2D eigenvalue weighted by atomic mass is 9.80. The maximum absolute atomic E-state index is 15.9. The SMILES string of the molecule is CC(=O)N1CC(OC(=O)Oc2c3n(ccc2=O)N([C@@H]2c4ccccc4-c4scc5c4-c4c2ccc(F)c4C(F)(F)C5)[C@@H]2COCCN2C3=O)C1. The van der Waals surface area contributed by atoms with Crippen LogP contribution in [0.25, 0.3) is 21.6 Å². The summed E-state index contributed by atoms with van der Waals surface area (Å²) in [6, 6.07) is 10.2. The monoisotopic (exact) mass is 704 g/mol. The number of alkyl halides is 2. The minimum Gasteiger partial charge on any atom is -0.427 e. The van der Waals surface area contributed by atoms with Crippen LogP contribution in [-0.2, 0) is 26.6 Å². The zero-order valence-electron chi connectivity index (χ0n) is 26.4. The first kappa shape index (κ1) is 30.9. The van der Waals surface area contributed by atoms with E-state index in [9.17, 15) is 19.2 Å². The van der Waals surface area contributed by atoms with Crippen molar-refractivity contribution in [2.75, 3.05) is 37.9 Å². The molecule has 256 valence electrons. The molecule has 50 heavy (non-hydrogen) atoms. The van der Waals surface area contributed by atoms with Gasteiger partial charge in [0.25, 0.3) is 11.8 Å². The van der Waals surface area contributed by atoms with Crippen molar-refractivity contribution in [2.24, 2.45) is 0 Å². The maximum atomic E-state index is 15.9. The van der Waals surface area contributed by atoms with E-state index in [-0.39, 0.29) is 50.0 Å². The van der Waals surface area contributed by atoms with Crippen LogP contribution in [-0.4, -0.2) is 77.6 Å². The van der Waals surface area contributed by atoms with Gasteiger partial charge in [0, 0.05) is 48.2 Å². The highest BCUT2D eigenvalue weighted by Gasteiger charge is 2.51. The van der Waals surface area contributed by atoms with Crippen molar-refractivity contribution in [1.82, 2.24) is 14.5 Å². The molecule has 0 spiro atoms. The number of morpholine rings is 1. The predicted molar refractivity (Wildman–Crippen MR) is 172 cm³/mol. The molecule has 3 aliphatic heterocycles. The molecule has 2 saturated heterocycles. The number of halogens is 3. The lowest BCUT2D eigenvalue weighted by Gasteiger charge is -2.51. The average molecular weight is 705 g/mol. The molecule has 0 bridgehead atoms. The quantitative estimate of drug-likeness (QED) is 0.284. The molecule has 2 aromatic heterocycles. The van der Waals surface area contributed by atoms with E-state index in [1.165, 1.54) is 45.0 Å². The Hall–Kier alpha value is -5.15. The highest BCUT2D eigenvalue weighted by atomic mass is 32.1. The molecule has 15 heteroatoms. The highest BCUT2D eigenvalue weighted by Crippen LogP contribution is 2.58. The second kappa shape index (κ2) is 10.9. The van der Waals surface area contributed by atoms with Crippen molar-refractivity contribution in [2.45, 2.75) is 37.6 Å². The number of hydrogen-bond donors (Lipinski definition) is 0. The van der Waals surface area contributed by atoms with Crippen LogP contribution in [0.15, 0.2) is 58.8 Å². The summed E-state index contributed by atoms with van der Waals surface area (Å²) < 4.78 is 65.5. The topological polar surface area (TPSA) is 111 Å². The van der Waals surface area contributed by atoms with Gasteiger partial charge in [0.15, 0.2) is 5.69 Å². The molecule has 4 aromatic rings. The lowest BCUT2D eigenvalue weighted by molar-refractivity contribution is -0.139. The van der Waals surface area contributed by atoms with Crippen LogP contribution in [0.2, 0.25) is 0 Å². The molecule has 0 N–H and O–H groups in total. The van der Waals surface area contributed by atoms with Gasteiger partial charge in [0.2, 0.25) is 17.1 Å². The third-order valence-electron chi connectivity index (χ3n) is 10.0. The number of thiophene rings is 1. The second-order valence-electron chi connectivity index (χ2n) is 12.9. The standard InChI is InChI=1S/C35H27F3N4O7S/c1-17(43)39-13-19(14-39)48-34(46)49-31-24(44)8-9-41-30(31)33(45)40-10-11-47-15-25(40)42(41)29-20-4-2-3-5-21(20)32-26-18(16-50-32)12-35(37,38)28-23(36)7-6-22(29)27(26)28/h2-9,16,19,25,29H,10-15H2,1H3/t25-,29-/m1/s1.